The van der Waals surface area contributed by atoms with Gasteiger partial charge in [0.15, 0.2) is 0 Å². The fourth-order valence-electron chi connectivity index (χ4n) is 4.77. The van der Waals surface area contributed by atoms with E-state index in [2.05, 4.69) is 30.6 Å². The minimum absolute atomic E-state index is 0.188. The Morgan fingerprint density at radius 2 is 1.38 bits per heavy atom. The SMILES string of the molecule is O=C(Nc1ccc2c(cnn2-c2ccc(NC(=O)c3cncnc3)cc2)c1)c1ccc(N2CCC(O)CC2)cc1. The Hall–Kier alpha value is -5.09. The molecule has 0 saturated carbocycles. The lowest BCUT2D eigenvalue weighted by Crippen LogP contribution is -2.35. The lowest BCUT2D eigenvalue weighted by Gasteiger charge is -2.31. The Kier molecular flexibility index (Phi) is 6.90. The average molecular weight is 534 g/mol. The molecule has 40 heavy (non-hydrogen) atoms. The molecule has 0 atom stereocenters. The first-order valence-electron chi connectivity index (χ1n) is 13.0. The monoisotopic (exact) mass is 533 g/mol. The Labute approximate surface area is 230 Å². The number of amides is 2. The number of carbonyl (C=O) groups excluding carboxylic acids is 2. The number of aliphatic hydroxyl groups excluding tert-OH is 1. The summed E-state index contributed by atoms with van der Waals surface area (Å²) in [5, 5.41) is 20.9. The summed E-state index contributed by atoms with van der Waals surface area (Å²) in [4.78, 5) is 35.2. The second-order valence-corrected chi connectivity index (χ2v) is 9.68. The number of carbonyl (C=O) groups is 2. The van der Waals surface area contributed by atoms with Crippen molar-refractivity contribution in [3.8, 4) is 5.69 Å². The molecular weight excluding hydrogens is 506 g/mol. The number of aliphatic hydroxyl groups is 1. The quantitative estimate of drug-likeness (QED) is 0.297. The van der Waals surface area contributed by atoms with Crippen LogP contribution in [0.3, 0.4) is 0 Å². The van der Waals surface area contributed by atoms with Crippen molar-refractivity contribution in [1.82, 2.24) is 19.7 Å². The maximum absolute atomic E-state index is 12.9. The van der Waals surface area contributed by atoms with Crippen LogP contribution in [0.4, 0.5) is 17.1 Å². The molecule has 6 rings (SSSR count). The Bertz CT molecular complexity index is 1640. The van der Waals surface area contributed by atoms with Gasteiger partial charge in [-0.25, -0.2) is 14.6 Å². The van der Waals surface area contributed by atoms with E-state index < -0.39 is 0 Å². The van der Waals surface area contributed by atoms with Gasteiger partial charge in [-0.3, -0.25) is 9.59 Å². The van der Waals surface area contributed by atoms with E-state index in [1.807, 2.05) is 54.6 Å². The summed E-state index contributed by atoms with van der Waals surface area (Å²) in [6.45, 7) is 1.62. The molecule has 1 aliphatic heterocycles. The number of nitrogens with one attached hydrogen (secondary N) is 2. The summed E-state index contributed by atoms with van der Waals surface area (Å²) in [7, 11) is 0. The van der Waals surface area contributed by atoms with E-state index in [1.165, 1.54) is 18.7 Å². The molecule has 0 bridgehead atoms. The predicted molar refractivity (Wildman–Crippen MR) is 153 cm³/mol. The number of rotatable bonds is 6. The number of benzene rings is 3. The van der Waals surface area contributed by atoms with Crippen molar-refractivity contribution in [2.24, 2.45) is 0 Å². The zero-order valence-electron chi connectivity index (χ0n) is 21.6. The number of fused-ring (bicyclic) bond motifs is 1. The first-order valence-corrected chi connectivity index (χ1v) is 13.0. The van der Waals surface area contributed by atoms with E-state index in [0.717, 1.165) is 48.2 Å². The Morgan fingerprint density at radius 3 is 2.10 bits per heavy atom. The maximum Gasteiger partial charge on any atom is 0.258 e. The Balaban J connectivity index is 1.11. The Morgan fingerprint density at radius 1 is 0.750 bits per heavy atom. The molecule has 10 heteroatoms. The number of piperidine rings is 1. The van der Waals surface area contributed by atoms with Gasteiger partial charge in [0, 0.05) is 53.5 Å². The molecule has 3 aromatic carbocycles. The van der Waals surface area contributed by atoms with Gasteiger partial charge in [0.05, 0.1) is 29.1 Å². The van der Waals surface area contributed by atoms with Gasteiger partial charge < -0.3 is 20.6 Å². The number of aromatic nitrogens is 4. The number of hydrogen-bond donors (Lipinski definition) is 3. The van der Waals surface area contributed by atoms with Crippen molar-refractivity contribution in [3.05, 3.63) is 103 Å². The van der Waals surface area contributed by atoms with Crippen LogP contribution in [0.5, 0.6) is 0 Å². The topological polar surface area (TPSA) is 125 Å². The van der Waals surface area contributed by atoms with Gasteiger partial charge in [-0.2, -0.15) is 5.10 Å². The third kappa shape index (κ3) is 5.38. The van der Waals surface area contributed by atoms with E-state index in [9.17, 15) is 14.7 Å². The average Bonchev–Trinajstić information content (AvgIpc) is 3.42. The van der Waals surface area contributed by atoms with Gasteiger partial charge in [-0.05, 0) is 79.6 Å². The first-order chi connectivity index (χ1) is 19.5. The molecule has 0 spiro atoms. The van der Waals surface area contributed by atoms with Crippen LogP contribution >= 0.6 is 0 Å². The number of nitrogens with zero attached hydrogens (tertiary/aromatic N) is 5. The molecule has 2 aromatic heterocycles. The maximum atomic E-state index is 12.9. The lowest BCUT2D eigenvalue weighted by molar-refractivity contribution is 0.101. The van der Waals surface area contributed by atoms with Gasteiger partial charge in [0.2, 0.25) is 0 Å². The highest BCUT2D eigenvalue weighted by molar-refractivity contribution is 6.05. The summed E-state index contributed by atoms with van der Waals surface area (Å²) in [6.07, 6.45) is 7.35. The van der Waals surface area contributed by atoms with Gasteiger partial charge in [-0.15, -0.1) is 0 Å². The van der Waals surface area contributed by atoms with Crippen molar-refractivity contribution in [2.45, 2.75) is 18.9 Å². The van der Waals surface area contributed by atoms with E-state index in [-0.39, 0.29) is 17.9 Å². The van der Waals surface area contributed by atoms with Crippen LogP contribution in [-0.4, -0.2) is 55.9 Å². The third-order valence-electron chi connectivity index (χ3n) is 6.98. The highest BCUT2D eigenvalue weighted by atomic mass is 16.3. The van der Waals surface area contributed by atoms with Crippen molar-refractivity contribution >= 4 is 39.8 Å². The summed E-state index contributed by atoms with van der Waals surface area (Å²) in [6, 6.07) is 20.6. The summed E-state index contributed by atoms with van der Waals surface area (Å²) >= 11 is 0. The molecule has 0 aliphatic carbocycles. The van der Waals surface area contributed by atoms with E-state index >= 15 is 0 Å². The molecule has 0 radical (unpaired) electrons. The van der Waals surface area contributed by atoms with Crippen LogP contribution in [0.25, 0.3) is 16.6 Å². The molecule has 3 heterocycles. The number of anilines is 3. The first kappa shape index (κ1) is 25.2. The fourth-order valence-corrected chi connectivity index (χ4v) is 4.77. The van der Waals surface area contributed by atoms with Gasteiger partial charge in [0.25, 0.3) is 11.8 Å². The van der Waals surface area contributed by atoms with Crippen molar-refractivity contribution < 1.29 is 14.7 Å². The second-order valence-electron chi connectivity index (χ2n) is 9.68. The van der Waals surface area contributed by atoms with Gasteiger partial charge in [0.1, 0.15) is 6.33 Å². The fraction of sp³-hybridized carbons (Fsp3) is 0.167. The van der Waals surface area contributed by atoms with Crippen LogP contribution < -0.4 is 15.5 Å². The number of hydrogen-bond acceptors (Lipinski definition) is 7. The second kappa shape index (κ2) is 11.0. The van der Waals surface area contributed by atoms with Crippen LogP contribution in [-0.2, 0) is 0 Å². The largest absolute Gasteiger partial charge is 0.393 e. The molecule has 1 aliphatic rings. The standard InChI is InChI=1S/C30H27N7O3/c38-27-11-13-36(14-12-27)25-6-1-20(2-7-25)29(39)35-24-5-10-28-21(15-24)18-33-37(28)26-8-3-23(4-9-26)34-30(40)22-16-31-19-32-17-22/h1-10,15-19,27,38H,11-14H2,(H,34,40)(H,35,39). The van der Waals surface area contributed by atoms with Gasteiger partial charge in [-0.1, -0.05) is 0 Å². The third-order valence-corrected chi connectivity index (χ3v) is 6.98. The molecule has 3 N–H and O–H groups in total. The van der Waals surface area contributed by atoms with E-state index in [1.54, 1.807) is 23.0 Å². The molecular formula is C30H27N7O3. The summed E-state index contributed by atoms with van der Waals surface area (Å²) in [5.74, 6) is -0.474. The van der Waals surface area contributed by atoms with E-state index in [0.29, 0.717) is 22.5 Å². The summed E-state index contributed by atoms with van der Waals surface area (Å²) in [5.41, 5.74) is 5.03. The zero-order valence-corrected chi connectivity index (χ0v) is 21.6. The van der Waals surface area contributed by atoms with Crippen LogP contribution in [0, 0.1) is 0 Å². The van der Waals surface area contributed by atoms with Crippen molar-refractivity contribution in [2.75, 3.05) is 28.6 Å². The molecule has 1 fully saturated rings. The van der Waals surface area contributed by atoms with Crippen molar-refractivity contribution in [3.63, 3.8) is 0 Å². The molecule has 5 aromatic rings. The lowest BCUT2D eigenvalue weighted by atomic mass is 10.1. The van der Waals surface area contributed by atoms with Crippen molar-refractivity contribution in [1.29, 1.82) is 0 Å². The van der Waals surface area contributed by atoms with Crippen LogP contribution in [0.2, 0.25) is 0 Å². The van der Waals surface area contributed by atoms with Crippen LogP contribution in [0.1, 0.15) is 33.6 Å². The molecule has 0 unspecified atom stereocenters. The minimum atomic E-state index is -0.286. The summed E-state index contributed by atoms with van der Waals surface area (Å²) < 4.78 is 1.80. The highest BCUT2D eigenvalue weighted by Gasteiger charge is 2.18. The highest BCUT2D eigenvalue weighted by Crippen LogP contribution is 2.24. The normalized spacial score (nSPS) is 13.8. The zero-order chi connectivity index (χ0) is 27.5. The minimum Gasteiger partial charge on any atom is -0.393 e. The molecule has 1 saturated heterocycles. The predicted octanol–water partition coefficient (Wildman–Crippen LogP) is 4.28. The van der Waals surface area contributed by atoms with Crippen LogP contribution in [0.15, 0.2) is 91.6 Å². The van der Waals surface area contributed by atoms with Gasteiger partial charge >= 0.3 is 0 Å². The van der Waals surface area contributed by atoms with E-state index in [4.69, 9.17) is 0 Å². The molecule has 10 nitrogen and oxygen atoms in total. The molecule has 2 amide bonds. The molecule has 200 valence electrons. The smallest absolute Gasteiger partial charge is 0.258 e.